The molecule has 5 heteroatoms. The maximum atomic E-state index is 11.0. The van der Waals surface area contributed by atoms with Crippen LogP contribution in [0.2, 0.25) is 0 Å². The van der Waals surface area contributed by atoms with Crippen LogP contribution in [0.15, 0.2) is 0 Å². The minimum atomic E-state index is -0.990. The summed E-state index contributed by atoms with van der Waals surface area (Å²) in [6, 6.07) is 0. The molecule has 0 aliphatic rings. The second kappa shape index (κ2) is 5.95. The van der Waals surface area contributed by atoms with Gasteiger partial charge in [-0.05, 0) is 12.8 Å². The van der Waals surface area contributed by atoms with Crippen molar-refractivity contribution < 1.29 is 20.1 Å². The third kappa shape index (κ3) is 3.25. The average molecular weight is 205 g/mol. The molecule has 0 rings (SSSR count). The predicted molar refractivity (Wildman–Crippen MR) is 52.0 cm³/mol. The largest absolute Gasteiger partial charge is 0.480 e. The number of hydrogen-bond donors (Lipinski definition) is 4. The van der Waals surface area contributed by atoms with Crippen LogP contribution in [0.4, 0.5) is 0 Å². The molecule has 84 valence electrons. The van der Waals surface area contributed by atoms with E-state index in [0.29, 0.717) is 12.8 Å². The molecule has 0 radical (unpaired) electrons. The van der Waals surface area contributed by atoms with E-state index in [0.717, 1.165) is 0 Å². The molecule has 0 heterocycles. The van der Waals surface area contributed by atoms with Gasteiger partial charge in [-0.1, -0.05) is 13.8 Å². The van der Waals surface area contributed by atoms with Crippen molar-refractivity contribution >= 4 is 5.97 Å². The summed E-state index contributed by atoms with van der Waals surface area (Å²) in [6.45, 7) is 3.27. The number of carboxylic acid groups (broad SMARTS) is 1. The fraction of sp³-hybridized carbons (Fsp3) is 0.889. The molecule has 0 saturated carbocycles. The molecule has 0 fully saturated rings. The van der Waals surface area contributed by atoms with Crippen LogP contribution in [0.25, 0.3) is 0 Å². The molecule has 0 amide bonds. The fourth-order valence-electron chi connectivity index (χ4n) is 1.26. The highest BCUT2D eigenvalue weighted by molar-refractivity contribution is 5.78. The highest BCUT2D eigenvalue weighted by Gasteiger charge is 2.34. The lowest BCUT2D eigenvalue weighted by atomic mass is 9.93. The Morgan fingerprint density at radius 1 is 1.43 bits per heavy atom. The lowest BCUT2D eigenvalue weighted by Crippen LogP contribution is -2.53. The third-order valence-electron chi connectivity index (χ3n) is 2.50. The quantitative estimate of drug-likeness (QED) is 0.453. The van der Waals surface area contributed by atoms with Gasteiger partial charge in [-0.15, -0.1) is 0 Å². The summed E-state index contributed by atoms with van der Waals surface area (Å²) in [7, 11) is 0. The zero-order valence-electron chi connectivity index (χ0n) is 8.66. The smallest absolute Gasteiger partial charge is 0.323 e. The molecule has 0 aliphatic heterocycles. The van der Waals surface area contributed by atoms with Gasteiger partial charge in [0.05, 0.1) is 12.7 Å². The minimum absolute atomic E-state index is 0.0878. The van der Waals surface area contributed by atoms with Gasteiger partial charge in [-0.25, -0.2) is 0 Å². The highest BCUT2D eigenvalue weighted by Crippen LogP contribution is 2.15. The van der Waals surface area contributed by atoms with Crippen LogP contribution in [-0.2, 0) is 4.79 Å². The van der Waals surface area contributed by atoms with Gasteiger partial charge in [-0.3, -0.25) is 10.1 Å². The predicted octanol–water partition coefficient (Wildman–Crippen LogP) is -0.427. The zero-order chi connectivity index (χ0) is 11.2. The van der Waals surface area contributed by atoms with E-state index < -0.39 is 17.6 Å². The van der Waals surface area contributed by atoms with E-state index in [1.54, 1.807) is 13.8 Å². The Balaban J connectivity index is 4.29. The Labute approximate surface area is 83.8 Å². The van der Waals surface area contributed by atoms with Crippen LogP contribution in [0.1, 0.15) is 26.7 Å². The summed E-state index contributed by atoms with van der Waals surface area (Å²) in [5.41, 5.74) is -0.990. The second-order valence-electron chi connectivity index (χ2n) is 3.31. The fourth-order valence-corrected chi connectivity index (χ4v) is 1.26. The number of aliphatic hydroxyl groups is 2. The number of carboxylic acids is 1. The van der Waals surface area contributed by atoms with Gasteiger partial charge in [0.2, 0.25) is 0 Å². The summed E-state index contributed by atoms with van der Waals surface area (Å²) in [5, 5.41) is 29.4. The first-order valence-electron chi connectivity index (χ1n) is 4.79. The summed E-state index contributed by atoms with van der Waals surface area (Å²) in [5.74, 6) is -0.923. The molecule has 1 atom stereocenters. The first kappa shape index (κ1) is 13.4. The van der Waals surface area contributed by atoms with Gasteiger partial charge in [0.1, 0.15) is 5.54 Å². The van der Waals surface area contributed by atoms with Crippen molar-refractivity contribution in [1.82, 2.24) is 5.32 Å². The highest BCUT2D eigenvalue weighted by atomic mass is 16.4. The number of β-amino-alcohol motifs (C(OH)–C–C–N with tert-alkyl or cyclic N) is 1. The van der Waals surface area contributed by atoms with E-state index in [1.807, 2.05) is 0 Å². The number of carbonyl (C=O) groups is 1. The molecule has 5 nitrogen and oxygen atoms in total. The number of rotatable bonds is 7. The Kier molecular flexibility index (Phi) is 5.68. The molecule has 0 aromatic rings. The Bertz CT molecular complexity index is 180. The molecule has 0 spiro atoms. The topological polar surface area (TPSA) is 89.8 Å². The maximum Gasteiger partial charge on any atom is 0.323 e. The Morgan fingerprint density at radius 2 is 1.93 bits per heavy atom. The lowest BCUT2D eigenvalue weighted by Gasteiger charge is -2.29. The van der Waals surface area contributed by atoms with Gasteiger partial charge >= 0.3 is 5.97 Å². The molecule has 0 aromatic heterocycles. The van der Waals surface area contributed by atoms with Gasteiger partial charge < -0.3 is 15.3 Å². The van der Waals surface area contributed by atoms with Crippen molar-refractivity contribution in [2.45, 2.75) is 38.3 Å². The van der Waals surface area contributed by atoms with Gasteiger partial charge in [0.25, 0.3) is 0 Å². The number of hydrogen-bond acceptors (Lipinski definition) is 4. The number of aliphatic hydroxyl groups excluding tert-OH is 2. The molecule has 4 N–H and O–H groups in total. The molecule has 1 unspecified atom stereocenters. The monoisotopic (exact) mass is 205 g/mol. The van der Waals surface area contributed by atoms with Crippen LogP contribution in [0.3, 0.4) is 0 Å². The summed E-state index contributed by atoms with van der Waals surface area (Å²) in [4.78, 5) is 11.0. The number of aliphatic carboxylic acids is 1. The van der Waals surface area contributed by atoms with Gasteiger partial charge in [0, 0.05) is 6.54 Å². The molecule has 0 saturated heterocycles. The lowest BCUT2D eigenvalue weighted by molar-refractivity contribution is -0.145. The first-order chi connectivity index (χ1) is 6.52. The van der Waals surface area contributed by atoms with Crippen molar-refractivity contribution in [3.05, 3.63) is 0 Å². The average Bonchev–Trinajstić information content (AvgIpc) is 2.19. The molecule has 0 aromatic carbocycles. The third-order valence-corrected chi connectivity index (χ3v) is 2.50. The van der Waals surface area contributed by atoms with Gasteiger partial charge in [-0.2, -0.15) is 0 Å². The summed E-state index contributed by atoms with van der Waals surface area (Å²) >= 11 is 0. The van der Waals surface area contributed by atoms with Gasteiger partial charge in [0.15, 0.2) is 0 Å². The van der Waals surface area contributed by atoms with E-state index >= 15 is 0 Å². The van der Waals surface area contributed by atoms with Crippen molar-refractivity contribution in [1.29, 1.82) is 0 Å². The minimum Gasteiger partial charge on any atom is -0.480 e. The standard InChI is InChI=1S/C9H19NO4/c1-3-9(4-2,8(13)14)10-5-7(12)6-11/h7,10-12H,3-6H2,1-2H3,(H,13,14). The van der Waals surface area contributed by atoms with E-state index in [2.05, 4.69) is 5.32 Å². The van der Waals surface area contributed by atoms with E-state index in [-0.39, 0.29) is 13.2 Å². The summed E-state index contributed by atoms with van der Waals surface area (Å²) < 4.78 is 0. The molecular formula is C9H19NO4. The van der Waals surface area contributed by atoms with Crippen LogP contribution < -0.4 is 5.32 Å². The van der Waals surface area contributed by atoms with Crippen molar-refractivity contribution in [3.8, 4) is 0 Å². The Morgan fingerprint density at radius 3 is 2.21 bits per heavy atom. The normalized spacial score (nSPS) is 14.0. The van der Waals surface area contributed by atoms with Crippen LogP contribution in [-0.4, -0.2) is 46.1 Å². The van der Waals surface area contributed by atoms with Crippen molar-refractivity contribution in [2.24, 2.45) is 0 Å². The molecular weight excluding hydrogens is 186 g/mol. The van der Waals surface area contributed by atoms with Crippen molar-refractivity contribution in [3.63, 3.8) is 0 Å². The second-order valence-corrected chi connectivity index (χ2v) is 3.31. The zero-order valence-corrected chi connectivity index (χ0v) is 8.66. The van der Waals surface area contributed by atoms with Crippen LogP contribution >= 0.6 is 0 Å². The molecule has 0 aliphatic carbocycles. The van der Waals surface area contributed by atoms with Crippen molar-refractivity contribution in [2.75, 3.05) is 13.2 Å². The van der Waals surface area contributed by atoms with E-state index in [9.17, 15) is 4.79 Å². The molecule has 14 heavy (non-hydrogen) atoms. The van der Waals surface area contributed by atoms with Crippen LogP contribution in [0, 0.1) is 0 Å². The SMILES string of the molecule is CCC(CC)(NCC(O)CO)C(=O)O. The summed E-state index contributed by atoms with van der Waals surface area (Å²) in [6.07, 6.45) is -0.0274. The maximum absolute atomic E-state index is 11.0. The Hall–Kier alpha value is -0.650. The van der Waals surface area contributed by atoms with E-state index in [1.165, 1.54) is 0 Å². The molecule has 0 bridgehead atoms. The van der Waals surface area contributed by atoms with E-state index in [4.69, 9.17) is 15.3 Å². The number of nitrogens with one attached hydrogen (secondary N) is 1. The first-order valence-corrected chi connectivity index (χ1v) is 4.79. The van der Waals surface area contributed by atoms with Crippen LogP contribution in [0.5, 0.6) is 0 Å².